The number of hydrogen-bond donors (Lipinski definition) is 1. The van der Waals surface area contributed by atoms with Crippen molar-refractivity contribution in [1.82, 2.24) is 10.3 Å². The van der Waals surface area contributed by atoms with E-state index in [2.05, 4.69) is 10.5 Å². The first kappa shape index (κ1) is 20.4. The van der Waals surface area contributed by atoms with Crippen LogP contribution in [0.5, 0.6) is 0 Å². The maximum atomic E-state index is 12.6. The van der Waals surface area contributed by atoms with E-state index in [1.54, 1.807) is 47.1 Å². The van der Waals surface area contributed by atoms with E-state index in [0.29, 0.717) is 36.5 Å². The molecular weight excluding hydrogens is 394 g/mol. The Balaban J connectivity index is 1.49. The highest BCUT2D eigenvalue weighted by molar-refractivity contribution is 7.98. The van der Waals surface area contributed by atoms with Gasteiger partial charge in [-0.25, -0.2) is 5.43 Å². The largest absolute Gasteiger partial charge is 0.339 e. The molecule has 1 fully saturated rings. The second-order valence-electron chi connectivity index (χ2n) is 6.55. The van der Waals surface area contributed by atoms with Crippen LogP contribution in [0.3, 0.4) is 0 Å². The Bertz CT molecular complexity index is 862. The second kappa shape index (κ2) is 9.75. The number of benzene rings is 2. The molecule has 2 aromatic rings. The molecule has 1 N–H and O–H groups in total. The lowest BCUT2D eigenvalue weighted by atomic mass is 9.95. The number of amides is 2. The van der Waals surface area contributed by atoms with Crippen molar-refractivity contribution >= 4 is 41.4 Å². The van der Waals surface area contributed by atoms with Gasteiger partial charge in [-0.3, -0.25) is 9.59 Å². The first-order valence-corrected chi connectivity index (χ1v) is 10.7. The maximum absolute atomic E-state index is 12.6. The van der Waals surface area contributed by atoms with Crippen LogP contribution < -0.4 is 5.43 Å². The molecule has 2 aromatic carbocycles. The number of piperidine rings is 1. The van der Waals surface area contributed by atoms with Crippen molar-refractivity contribution in [1.29, 1.82) is 0 Å². The Morgan fingerprint density at radius 3 is 2.46 bits per heavy atom. The number of carbonyl (C=O) groups excluding carboxylic acids is 2. The van der Waals surface area contributed by atoms with Crippen LogP contribution in [0, 0.1) is 5.92 Å². The zero-order valence-electron chi connectivity index (χ0n) is 15.6. The number of halogens is 1. The van der Waals surface area contributed by atoms with Gasteiger partial charge in [-0.2, -0.15) is 5.10 Å². The van der Waals surface area contributed by atoms with Crippen molar-refractivity contribution in [3.8, 4) is 0 Å². The van der Waals surface area contributed by atoms with Gasteiger partial charge in [0.05, 0.1) is 16.8 Å². The van der Waals surface area contributed by atoms with E-state index in [1.165, 1.54) is 4.90 Å². The zero-order valence-corrected chi connectivity index (χ0v) is 17.2. The molecule has 0 unspecified atom stereocenters. The highest BCUT2D eigenvalue weighted by Crippen LogP contribution is 2.22. The van der Waals surface area contributed by atoms with Crippen LogP contribution in [0.25, 0.3) is 0 Å². The molecule has 0 bridgehead atoms. The van der Waals surface area contributed by atoms with E-state index in [0.717, 1.165) is 5.56 Å². The Hall–Kier alpha value is -2.31. The van der Waals surface area contributed by atoms with Gasteiger partial charge in [-0.1, -0.05) is 35.9 Å². The highest BCUT2D eigenvalue weighted by Gasteiger charge is 2.28. The molecule has 0 aromatic heterocycles. The molecule has 1 saturated heterocycles. The molecule has 146 valence electrons. The number of nitrogens with one attached hydrogen (secondary N) is 1. The summed E-state index contributed by atoms with van der Waals surface area (Å²) in [6.45, 7) is 1.06. The van der Waals surface area contributed by atoms with Gasteiger partial charge in [0, 0.05) is 23.9 Å². The second-order valence-corrected chi connectivity index (χ2v) is 7.84. The van der Waals surface area contributed by atoms with Gasteiger partial charge < -0.3 is 4.90 Å². The molecule has 1 heterocycles. The SMILES string of the molecule is CSc1ccc(/C=N\NC(=O)C2CCN(C(=O)c3ccccc3Cl)CC2)cc1. The molecule has 1 aliphatic rings. The van der Waals surface area contributed by atoms with Crippen LogP contribution in [-0.2, 0) is 4.79 Å². The molecule has 0 aliphatic carbocycles. The standard InChI is InChI=1S/C21H22ClN3O2S/c1-28-17-8-6-15(7-9-17)14-23-24-20(26)16-10-12-25(13-11-16)21(27)18-4-2-3-5-19(18)22/h2-9,14,16H,10-13H2,1H3,(H,24,26)/b23-14-. The summed E-state index contributed by atoms with van der Waals surface area (Å²) in [5.74, 6) is -0.343. The highest BCUT2D eigenvalue weighted by atomic mass is 35.5. The van der Waals surface area contributed by atoms with Crippen molar-refractivity contribution < 1.29 is 9.59 Å². The summed E-state index contributed by atoms with van der Waals surface area (Å²) < 4.78 is 0. The number of hydrogen-bond acceptors (Lipinski definition) is 4. The average Bonchev–Trinajstić information content (AvgIpc) is 2.74. The molecule has 0 spiro atoms. The minimum atomic E-state index is -0.147. The average molecular weight is 416 g/mol. The van der Waals surface area contributed by atoms with Crippen molar-refractivity contribution in [2.75, 3.05) is 19.3 Å². The third-order valence-electron chi connectivity index (χ3n) is 4.76. The van der Waals surface area contributed by atoms with Crippen LogP contribution in [0.15, 0.2) is 58.5 Å². The van der Waals surface area contributed by atoms with Gasteiger partial charge >= 0.3 is 0 Å². The molecule has 1 aliphatic heterocycles. The van der Waals surface area contributed by atoms with Gasteiger partial charge in [-0.05, 0) is 48.9 Å². The fourth-order valence-electron chi connectivity index (χ4n) is 3.10. The first-order chi connectivity index (χ1) is 13.6. The third kappa shape index (κ3) is 5.14. The Morgan fingerprint density at radius 1 is 1.14 bits per heavy atom. The molecular formula is C21H22ClN3O2S. The predicted molar refractivity (Wildman–Crippen MR) is 114 cm³/mol. The number of carbonyl (C=O) groups is 2. The van der Waals surface area contributed by atoms with E-state index < -0.39 is 0 Å². The Labute approximate surface area is 174 Å². The summed E-state index contributed by atoms with van der Waals surface area (Å²) in [4.78, 5) is 27.9. The van der Waals surface area contributed by atoms with Gasteiger partial charge in [0.25, 0.3) is 5.91 Å². The van der Waals surface area contributed by atoms with E-state index in [-0.39, 0.29) is 17.7 Å². The van der Waals surface area contributed by atoms with Crippen LogP contribution in [-0.4, -0.2) is 42.3 Å². The molecule has 28 heavy (non-hydrogen) atoms. The number of rotatable bonds is 5. The fraction of sp³-hybridized carbons (Fsp3) is 0.286. The summed E-state index contributed by atoms with van der Waals surface area (Å²) in [5.41, 5.74) is 4.05. The summed E-state index contributed by atoms with van der Waals surface area (Å²) in [7, 11) is 0. The molecule has 0 atom stereocenters. The normalized spacial score (nSPS) is 15.0. The van der Waals surface area contributed by atoms with E-state index >= 15 is 0 Å². The van der Waals surface area contributed by atoms with Crippen molar-refractivity contribution in [3.05, 3.63) is 64.7 Å². The first-order valence-electron chi connectivity index (χ1n) is 9.09. The Morgan fingerprint density at radius 2 is 1.82 bits per heavy atom. The topological polar surface area (TPSA) is 61.8 Å². The summed E-state index contributed by atoms with van der Waals surface area (Å²) >= 11 is 7.79. The van der Waals surface area contributed by atoms with Crippen molar-refractivity contribution in [2.24, 2.45) is 11.0 Å². The van der Waals surface area contributed by atoms with Crippen LogP contribution in [0.2, 0.25) is 5.02 Å². The van der Waals surface area contributed by atoms with Crippen LogP contribution >= 0.6 is 23.4 Å². The van der Waals surface area contributed by atoms with Gasteiger partial charge in [0.2, 0.25) is 5.91 Å². The zero-order chi connectivity index (χ0) is 19.9. The summed E-state index contributed by atoms with van der Waals surface area (Å²) in [6.07, 6.45) is 4.88. The number of thioether (sulfide) groups is 1. The fourth-order valence-corrected chi connectivity index (χ4v) is 3.73. The van der Waals surface area contributed by atoms with Crippen LogP contribution in [0.1, 0.15) is 28.8 Å². The number of likely N-dealkylation sites (tertiary alicyclic amines) is 1. The third-order valence-corrected chi connectivity index (χ3v) is 5.83. The van der Waals surface area contributed by atoms with Gasteiger partial charge in [0.15, 0.2) is 0 Å². The molecule has 2 amide bonds. The maximum Gasteiger partial charge on any atom is 0.255 e. The monoisotopic (exact) mass is 415 g/mol. The lowest BCUT2D eigenvalue weighted by Crippen LogP contribution is -2.42. The van der Waals surface area contributed by atoms with Crippen molar-refractivity contribution in [3.63, 3.8) is 0 Å². The molecule has 0 saturated carbocycles. The van der Waals surface area contributed by atoms with Crippen LogP contribution in [0.4, 0.5) is 0 Å². The van der Waals surface area contributed by atoms with E-state index in [9.17, 15) is 9.59 Å². The minimum absolute atomic E-state index is 0.0869. The van der Waals surface area contributed by atoms with E-state index in [1.807, 2.05) is 30.5 Å². The molecule has 5 nitrogen and oxygen atoms in total. The molecule has 3 rings (SSSR count). The minimum Gasteiger partial charge on any atom is -0.339 e. The van der Waals surface area contributed by atoms with Crippen molar-refractivity contribution in [2.45, 2.75) is 17.7 Å². The lowest BCUT2D eigenvalue weighted by molar-refractivity contribution is -0.126. The summed E-state index contributed by atoms with van der Waals surface area (Å²) in [6, 6.07) is 15.0. The smallest absolute Gasteiger partial charge is 0.255 e. The number of hydrazone groups is 1. The Kier molecular flexibility index (Phi) is 7.12. The molecule has 7 heteroatoms. The predicted octanol–water partition coefficient (Wildman–Crippen LogP) is 4.06. The lowest BCUT2D eigenvalue weighted by Gasteiger charge is -2.31. The molecule has 0 radical (unpaired) electrons. The quantitative estimate of drug-likeness (QED) is 0.455. The van der Waals surface area contributed by atoms with E-state index in [4.69, 9.17) is 11.6 Å². The summed E-state index contributed by atoms with van der Waals surface area (Å²) in [5, 5.41) is 4.51. The number of nitrogens with zero attached hydrogens (tertiary/aromatic N) is 2. The van der Waals surface area contributed by atoms with Gasteiger partial charge in [-0.15, -0.1) is 11.8 Å². The van der Waals surface area contributed by atoms with Gasteiger partial charge in [0.1, 0.15) is 0 Å².